The van der Waals surface area contributed by atoms with Crippen LogP contribution in [0.1, 0.15) is 18.9 Å². The highest BCUT2D eigenvalue weighted by Crippen LogP contribution is 2.34. The highest BCUT2D eigenvalue weighted by Gasteiger charge is 2.40. The van der Waals surface area contributed by atoms with Crippen LogP contribution >= 0.6 is 11.6 Å². The number of ether oxygens (including phenoxy) is 1. The number of carbonyl (C=O) groups is 2. The number of carbonyl (C=O) groups excluding carboxylic acids is 2. The molecule has 3 heterocycles. The van der Waals surface area contributed by atoms with Crippen LogP contribution < -0.4 is 10.1 Å². The highest BCUT2D eigenvalue weighted by molar-refractivity contribution is 6.33. The van der Waals surface area contributed by atoms with Gasteiger partial charge in [-0.1, -0.05) is 48.5 Å². The number of aromatic nitrogens is 3. The van der Waals surface area contributed by atoms with Crippen molar-refractivity contribution in [2.45, 2.75) is 32.1 Å². The molecule has 2 amide bonds. The summed E-state index contributed by atoms with van der Waals surface area (Å²) in [5.74, 6) is -1.31. The van der Waals surface area contributed by atoms with Crippen LogP contribution in [0.2, 0.25) is 5.02 Å². The van der Waals surface area contributed by atoms with E-state index in [4.69, 9.17) is 16.3 Å². The Morgan fingerprint density at radius 1 is 1.07 bits per heavy atom. The summed E-state index contributed by atoms with van der Waals surface area (Å²) < 4.78 is 37.7. The summed E-state index contributed by atoms with van der Waals surface area (Å²) in [6.07, 6.45) is 3.34. The second-order valence-electron chi connectivity index (χ2n) is 10.8. The van der Waals surface area contributed by atoms with Gasteiger partial charge in [0, 0.05) is 57.6 Å². The molecular formula is C34H28ClF2N5O3. The van der Waals surface area contributed by atoms with E-state index in [9.17, 15) is 14.0 Å². The normalized spacial score (nSPS) is 16.1. The molecule has 228 valence electrons. The van der Waals surface area contributed by atoms with E-state index in [1.165, 1.54) is 11.0 Å². The Hall–Kier alpha value is -5.09. The van der Waals surface area contributed by atoms with Crippen molar-refractivity contribution in [3.8, 4) is 22.9 Å². The molecule has 1 aliphatic heterocycles. The van der Waals surface area contributed by atoms with Crippen LogP contribution in [0.3, 0.4) is 0 Å². The van der Waals surface area contributed by atoms with Crippen LogP contribution in [0, 0.1) is 5.82 Å². The molecule has 2 aromatic heterocycles. The number of hydrogen-bond donors (Lipinski definition) is 1. The molecule has 45 heavy (non-hydrogen) atoms. The first-order valence-electron chi connectivity index (χ1n) is 14.2. The van der Waals surface area contributed by atoms with Gasteiger partial charge in [0.1, 0.15) is 24.5 Å². The minimum absolute atomic E-state index is 0.0893. The van der Waals surface area contributed by atoms with Gasteiger partial charge in [0.2, 0.25) is 11.8 Å². The van der Waals surface area contributed by atoms with Gasteiger partial charge in [0.15, 0.2) is 5.82 Å². The Morgan fingerprint density at radius 2 is 1.82 bits per heavy atom. The summed E-state index contributed by atoms with van der Waals surface area (Å²) in [4.78, 5) is 36.4. The Morgan fingerprint density at radius 3 is 2.58 bits per heavy atom. The third-order valence-electron chi connectivity index (χ3n) is 7.66. The molecule has 1 unspecified atom stereocenters. The largest absolute Gasteiger partial charge is 0.424 e. The van der Waals surface area contributed by atoms with Crippen molar-refractivity contribution < 1.29 is 23.1 Å². The van der Waals surface area contributed by atoms with Gasteiger partial charge in [0.05, 0.1) is 12.2 Å². The summed E-state index contributed by atoms with van der Waals surface area (Å²) in [6.45, 7) is 5.51. The van der Waals surface area contributed by atoms with E-state index in [1.54, 1.807) is 77.8 Å². The van der Waals surface area contributed by atoms with Crippen LogP contribution in [0.15, 0.2) is 91.9 Å². The van der Waals surface area contributed by atoms with Crippen molar-refractivity contribution in [1.82, 2.24) is 19.4 Å². The van der Waals surface area contributed by atoms with Gasteiger partial charge in [0.25, 0.3) is 0 Å². The van der Waals surface area contributed by atoms with Crippen molar-refractivity contribution in [3.05, 3.63) is 108 Å². The first-order valence-corrected chi connectivity index (χ1v) is 14.6. The number of anilines is 1. The standard InChI is InChI=1S/C34H28ClF2N5O3/c1-20(2)26-18-41(29-12-11-22(16-25(26)29)45-34-38-13-6-14-39-34)19-31(43)42-17-21(36)15-30(42)33(44)40-28-10-5-8-24(32(28)37)23-7-3-4-9-27(23)35/h3-14,16,18,21,30H,1,15,17,19H2,2H3,(H,40,44)/t21-,30?/m1/s1. The zero-order chi connectivity index (χ0) is 31.7. The number of likely N-dealkylation sites (tertiary alicyclic amines) is 1. The van der Waals surface area contributed by atoms with E-state index in [0.717, 1.165) is 22.0 Å². The number of amides is 2. The third-order valence-corrected chi connectivity index (χ3v) is 7.99. The number of nitrogens with zero attached hydrogens (tertiary/aromatic N) is 4. The quantitative estimate of drug-likeness (QED) is 0.195. The minimum atomic E-state index is -1.41. The second kappa shape index (κ2) is 12.5. The number of allylic oxidation sites excluding steroid dienone is 1. The van der Waals surface area contributed by atoms with Crippen molar-refractivity contribution >= 4 is 45.6 Å². The average molecular weight is 628 g/mol. The zero-order valence-electron chi connectivity index (χ0n) is 24.2. The maximum atomic E-state index is 15.5. The molecule has 3 aromatic carbocycles. The molecule has 0 saturated carbocycles. The summed E-state index contributed by atoms with van der Waals surface area (Å²) in [5, 5.41) is 3.71. The molecule has 0 bridgehead atoms. The molecule has 0 spiro atoms. The topological polar surface area (TPSA) is 89.4 Å². The van der Waals surface area contributed by atoms with Crippen LogP contribution in [0.5, 0.6) is 11.8 Å². The van der Waals surface area contributed by atoms with Crippen molar-refractivity contribution in [1.29, 1.82) is 0 Å². The Kier molecular flexibility index (Phi) is 8.32. The molecule has 2 atom stereocenters. The Balaban J connectivity index is 1.23. The first-order chi connectivity index (χ1) is 21.7. The van der Waals surface area contributed by atoms with E-state index in [1.807, 2.05) is 13.0 Å². The molecule has 0 aliphatic carbocycles. The lowest BCUT2D eigenvalue weighted by molar-refractivity contribution is -0.137. The van der Waals surface area contributed by atoms with Crippen molar-refractivity contribution in [2.75, 3.05) is 11.9 Å². The summed E-state index contributed by atoms with van der Waals surface area (Å²) in [7, 11) is 0. The van der Waals surface area contributed by atoms with Crippen LogP contribution in [-0.2, 0) is 16.1 Å². The maximum absolute atomic E-state index is 15.5. The van der Waals surface area contributed by atoms with E-state index < -0.39 is 29.8 Å². The average Bonchev–Trinajstić information content (AvgIpc) is 3.59. The number of alkyl halides is 1. The zero-order valence-corrected chi connectivity index (χ0v) is 25.0. The van der Waals surface area contributed by atoms with E-state index in [0.29, 0.717) is 16.3 Å². The monoisotopic (exact) mass is 627 g/mol. The molecule has 1 fully saturated rings. The predicted molar refractivity (Wildman–Crippen MR) is 169 cm³/mol. The van der Waals surface area contributed by atoms with E-state index >= 15 is 4.39 Å². The van der Waals surface area contributed by atoms with Gasteiger partial charge in [-0.05, 0) is 48.9 Å². The molecule has 5 aromatic rings. The molecule has 0 radical (unpaired) electrons. The molecule has 8 nitrogen and oxygen atoms in total. The fraction of sp³-hybridized carbons (Fsp3) is 0.176. The molecule has 1 aliphatic rings. The lowest BCUT2D eigenvalue weighted by atomic mass is 10.0. The number of fused-ring (bicyclic) bond motifs is 1. The van der Waals surface area contributed by atoms with Crippen molar-refractivity contribution in [2.24, 2.45) is 0 Å². The van der Waals surface area contributed by atoms with Gasteiger partial charge in [-0.3, -0.25) is 9.59 Å². The van der Waals surface area contributed by atoms with Gasteiger partial charge in [-0.25, -0.2) is 18.7 Å². The van der Waals surface area contributed by atoms with Gasteiger partial charge in [-0.15, -0.1) is 0 Å². The summed E-state index contributed by atoms with van der Waals surface area (Å²) in [5.41, 5.74) is 2.87. The summed E-state index contributed by atoms with van der Waals surface area (Å²) in [6, 6.07) is 17.4. The number of hydrogen-bond acceptors (Lipinski definition) is 5. The van der Waals surface area contributed by atoms with Crippen LogP contribution in [0.25, 0.3) is 27.6 Å². The number of rotatable bonds is 8. The van der Waals surface area contributed by atoms with Crippen molar-refractivity contribution in [3.63, 3.8) is 0 Å². The fourth-order valence-corrected chi connectivity index (χ4v) is 5.77. The lowest BCUT2D eigenvalue weighted by Gasteiger charge is -2.24. The highest BCUT2D eigenvalue weighted by atomic mass is 35.5. The van der Waals surface area contributed by atoms with Gasteiger partial charge >= 0.3 is 6.01 Å². The maximum Gasteiger partial charge on any atom is 0.321 e. The fourth-order valence-electron chi connectivity index (χ4n) is 5.53. The van der Waals surface area contributed by atoms with Gasteiger partial charge in [-0.2, -0.15) is 0 Å². The number of nitrogens with one attached hydrogen (secondary N) is 1. The Bertz CT molecular complexity index is 1930. The third kappa shape index (κ3) is 6.14. The number of halogens is 3. The van der Waals surface area contributed by atoms with E-state index in [-0.39, 0.29) is 36.8 Å². The molecule has 6 rings (SSSR count). The molecular weight excluding hydrogens is 600 g/mol. The smallest absolute Gasteiger partial charge is 0.321 e. The van der Waals surface area contributed by atoms with Crippen LogP contribution in [0.4, 0.5) is 14.5 Å². The SMILES string of the molecule is C=C(C)c1cn(CC(=O)N2C[C@H](F)CC2C(=O)Nc2cccc(-c3ccccc3Cl)c2F)c2ccc(Oc3ncccn3)cc12. The minimum Gasteiger partial charge on any atom is -0.424 e. The summed E-state index contributed by atoms with van der Waals surface area (Å²) >= 11 is 6.27. The molecule has 1 saturated heterocycles. The molecule has 11 heteroatoms. The van der Waals surface area contributed by atoms with E-state index in [2.05, 4.69) is 21.9 Å². The lowest BCUT2D eigenvalue weighted by Crippen LogP contribution is -2.44. The Labute approximate surface area is 262 Å². The second-order valence-corrected chi connectivity index (χ2v) is 11.2. The number of benzene rings is 3. The van der Waals surface area contributed by atoms with Gasteiger partial charge < -0.3 is 19.5 Å². The predicted octanol–water partition coefficient (Wildman–Crippen LogP) is 7.29. The molecule has 1 N–H and O–H groups in total. The first kappa shape index (κ1) is 30.0. The van der Waals surface area contributed by atoms with Crippen LogP contribution in [-0.4, -0.2) is 50.0 Å².